The van der Waals surface area contributed by atoms with E-state index in [9.17, 15) is 9.59 Å². The van der Waals surface area contributed by atoms with E-state index in [4.69, 9.17) is 9.47 Å². The molecule has 0 amide bonds. The molecule has 1 aromatic rings. The molecule has 4 heteroatoms. The average Bonchev–Trinajstić information content (AvgIpc) is 3.03. The highest BCUT2D eigenvalue weighted by Gasteiger charge is 2.56. The van der Waals surface area contributed by atoms with E-state index in [1.807, 2.05) is 18.2 Å². The van der Waals surface area contributed by atoms with Crippen molar-refractivity contribution in [3.63, 3.8) is 0 Å². The summed E-state index contributed by atoms with van der Waals surface area (Å²) in [6, 6.07) is 9.10. The summed E-state index contributed by atoms with van der Waals surface area (Å²) in [7, 11) is 2.63. The van der Waals surface area contributed by atoms with Crippen molar-refractivity contribution in [2.75, 3.05) is 14.2 Å². The number of carbonyl (C=O) groups excluding carboxylic acids is 2. The lowest BCUT2D eigenvalue weighted by molar-refractivity contribution is -0.165. The zero-order valence-corrected chi connectivity index (χ0v) is 11.9. The summed E-state index contributed by atoms with van der Waals surface area (Å²) in [5, 5.41) is 0. The molecule has 0 saturated heterocycles. The number of carbonyl (C=O) groups is 2. The number of methoxy groups -OCH3 is 2. The predicted molar refractivity (Wildman–Crippen MR) is 74.1 cm³/mol. The maximum atomic E-state index is 12.5. The van der Waals surface area contributed by atoms with Crippen LogP contribution in [0.4, 0.5) is 0 Å². The van der Waals surface area contributed by atoms with Crippen LogP contribution >= 0.6 is 0 Å². The van der Waals surface area contributed by atoms with Crippen molar-refractivity contribution in [3.8, 4) is 0 Å². The average molecular weight is 276 g/mol. The van der Waals surface area contributed by atoms with Crippen molar-refractivity contribution in [1.82, 2.24) is 0 Å². The minimum atomic E-state index is -1.33. The van der Waals surface area contributed by atoms with Gasteiger partial charge < -0.3 is 9.47 Å². The molecule has 0 bridgehead atoms. The Labute approximate surface area is 119 Å². The highest BCUT2D eigenvalue weighted by atomic mass is 16.5. The smallest absolute Gasteiger partial charge is 0.328 e. The minimum Gasteiger partial charge on any atom is -0.468 e. The molecule has 1 saturated carbocycles. The van der Waals surface area contributed by atoms with Gasteiger partial charge in [-0.2, -0.15) is 0 Å². The number of hydrogen-bond donors (Lipinski definition) is 0. The first-order chi connectivity index (χ1) is 9.67. The van der Waals surface area contributed by atoms with Gasteiger partial charge in [-0.1, -0.05) is 43.2 Å². The molecule has 0 spiro atoms. The van der Waals surface area contributed by atoms with Gasteiger partial charge in [-0.15, -0.1) is 0 Å². The summed E-state index contributed by atoms with van der Waals surface area (Å²) in [5.41, 5.74) is -0.674. The quantitative estimate of drug-likeness (QED) is 0.626. The molecule has 0 aromatic heterocycles. The van der Waals surface area contributed by atoms with Gasteiger partial charge in [0.25, 0.3) is 0 Å². The summed E-state index contributed by atoms with van der Waals surface area (Å²) in [6.45, 7) is 0. The van der Waals surface area contributed by atoms with Crippen molar-refractivity contribution in [2.24, 2.45) is 5.92 Å². The molecule has 108 valence electrons. The summed E-state index contributed by atoms with van der Waals surface area (Å²) in [5.74, 6) is -1.12. The standard InChI is InChI=1S/C16H20O4/c1-19-14(17)16(15(18)20-2,13-10-6-7-11-13)12-8-4-3-5-9-12/h3-5,8-9,13H,6-7,10-11H2,1-2H3. The second-order valence-electron chi connectivity index (χ2n) is 5.14. The van der Waals surface area contributed by atoms with Gasteiger partial charge in [-0.05, 0) is 24.3 Å². The normalized spacial score (nSPS) is 15.9. The fraction of sp³-hybridized carbons (Fsp3) is 0.500. The van der Waals surface area contributed by atoms with Gasteiger partial charge in [0.05, 0.1) is 14.2 Å². The van der Waals surface area contributed by atoms with E-state index < -0.39 is 17.4 Å². The molecule has 4 nitrogen and oxygen atoms in total. The molecular formula is C16H20O4. The summed E-state index contributed by atoms with van der Waals surface area (Å²) in [4.78, 5) is 25.0. The number of hydrogen-bond acceptors (Lipinski definition) is 4. The van der Waals surface area contributed by atoms with E-state index in [2.05, 4.69) is 0 Å². The van der Waals surface area contributed by atoms with Gasteiger partial charge in [0, 0.05) is 0 Å². The van der Waals surface area contributed by atoms with Gasteiger partial charge in [0.15, 0.2) is 5.41 Å². The Morgan fingerprint density at radius 1 is 1.00 bits per heavy atom. The molecule has 1 aliphatic rings. The predicted octanol–water partition coefficient (Wildman–Crippen LogP) is 2.46. The largest absolute Gasteiger partial charge is 0.468 e. The molecule has 0 atom stereocenters. The minimum absolute atomic E-state index is 0.0650. The van der Waals surface area contributed by atoms with Crippen molar-refractivity contribution in [3.05, 3.63) is 35.9 Å². The summed E-state index contributed by atoms with van der Waals surface area (Å²) < 4.78 is 9.93. The van der Waals surface area contributed by atoms with Crippen molar-refractivity contribution in [2.45, 2.75) is 31.1 Å². The topological polar surface area (TPSA) is 52.6 Å². The molecule has 1 aliphatic carbocycles. The second-order valence-corrected chi connectivity index (χ2v) is 5.14. The van der Waals surface area contributed by atoms with Crippen molar-refractivity contribution in [1.29, 1.82) is 0 Å². The van der Waals surface area contributed by atoms with Crippen LogP contribution in [-0.2, 0) is 24.5 Å². The third kappa shape index (κ3) is 2.19. The molecule has 20 heavy (non-hydrogen) atoms. The molecule has 0 radical (unpaired) electrons. The summed E-state index contributed by atoms with van der Waals surface area (Å²) in [6.07, 6.45) is 3.71. The molecular weight excluding hydrogens is 256 g/mol. The van der Waals surface area contributed by atoms with E-state index in [0.717, 1.165) is 25.7 Å². The van der Waals surface area contributed by atoms with Crippen LogP contribution in [0.1, 0.15) is 31.2 Å². The Kier molecular flexibility index (Phi) is 4.42. The Bertz CT molecular complexity index is 459. The zero-order chi connectivity index (χ0) is 14.6. The van der Waals surface area contributed by atoms with Gasteiger partial charge in [0.1, 0.15) is 0 Å². The maximum absolute atomic E-state index is 12.5. The van der Waals surface area contributed by atoms with E-state index in [1.165, 1.54) is 14.2 Å². The highest BCUT2D eigenvalue weighted by Crippen LogP contribution is 2.44. The third-order valence-electron chi connectivity index (χ3n) is 4.21. The molecule has 1 fully saturated rings. The monoisotopic (exact) mass is 276 g/mol. The van der Waals surface area contributed by atoms with Crippen LogP contribution in [0.3, 0.4) is 0 Å². The number of ether oxygens (including phenoxy) is 2. The lowest BCUT2D eigenvalue weighted by atomic mass is 9.69. The van der Waals surface area contributed by atoms with Gasteiger partial charge in [-0.25, -0.2) is 0 Å². The molecule has 0 heterocycles. The SMILES string of the molecule is COC(=O)C(C(=O)OC)(c1ccccc1)C1CCCC1. The van der Waals surface area contributed by atoms with E-state index in [0.29, 0.717) is 5.56 Å². The summed E-state index contributed by atoms with van der Waals surface area (Å²) >= 11 is 0. The second kappa shape index (κ2) is 6.07. The van der Waals surface area contributed by atoms with Gasteiger partial charge in [-0.3, -0.25) is 9.59 Å². The Balaban J connectivity index is 2.60. The fourth-order valence-corrected chi connectivity index (χ4v) is 3.27. The fourth-order valence-electron chi connectivity index (χ4n) is 3.27. The Morgan fingerprint density at radius 3 is 1.95 bits per heavy atom. The first kappa shape index (κ1) is 14.6. The van der Waals surface area contributed by atoms with Crippen LogP contribution in [0.2, 0.25) is 0 Å². The highest BCUT2D eigenvalue weighted by molar-refractivity contribution is 6.06. The molecule has 0 N–H and O–H groups in total. The van der Waals surface area contributed by atoms with Crippen molar-refractivity contribution >= 4 is 11.9 Å². The number of benzene rings is 1. The maximum Gasteiger partial charge on any atom is 0.328 e. The van der Waals surface area contributed by atoms with Gasteiger partial charge in [0.2, 0.25) is 0 Å². The first-order valence-electron chi connectivity index (χ1n) is 6.90. The molecule has 0 aliphatic heterocycles. The van der Waals surface area contributed by atoms with Crippen LogP contribution in [-0.4, -0.2) is 26.2 Å². The van der Waals surface area contributed by atoms with E-state index >= 15 is 0 Å². The van der Waals surface area contributed by atoms with Crippen LogP contribution in [0.25, 0.3) is 0 Å². The number of esters is 2. The van der Waals surface area contributed by atoms with Crippen LogP contribution in [0.5, 0.6) is 0 Å². The van der Waals surface area contributed by atoms with Crippen LogP contribution in [0, 0.1) is 5.92 Å². The molecule has 0 unspecified atom stereocenters. The zero-order valence-electron chi connectivity index (χ0n) is 11.9. The Morgan fingerprint density at radius 2 is 1.50 bits per heavy atom. The lowest BCUT2D eigenvalue weighted by Gasteiger charge is -2.34. The molecule has 2 rings (SSSR count). The first-order valence-corrected chi connectivity index (χ1v) is 6.90. The van der Waals surface area contributed by atoms with Crippen LogP contribution in [0.15, 0.2) is 30.3 Å². The Hall–Kier alpha value is -1.84. The molecule has 1 aromatic carbocycles. The van der Waals surface area contributed by atoms with Gasteiger partial charge >= 0.3 is 11.9 Å². The lowest BCUT2D eigenvalue weighted by Crippen LogP contribution is -2.50. The van der Waals surface area contributed by atoms with E-state index in [1.54, 1.807) is 12.1 Å². The van der Waals surface area contributed by atoms with Crippen molar-refractivity contribution < 1.29 is 19.1 Å². The third-order valence-corrected chi connectivity index (χ3v) is 4.21. The van der Waals surface area contributed by atoms with E-state index in [-0.39, 0.29) is 5.92 Å². The number of rotatable bonds is 4. The van der Waals surface area contributed by atoms with Crippen LogP contribution < -0.4 is 0 Å².